The molecule has 1 atom stereocenters. The molecule has 3 nitrogen and oxygen atoms in total. The van der Waals surface area contributed by atoms with E-state index >= 15 is 0 Å². The lowest BCUT2D eigenvalue weighted by molar-refractivity contribution is 0.403. The molecule has 0 bridgehead atoms. The Labute approximate surface area is 101 Å². The second-order valence-electron chi connectivity index (χ2n) is 4.45. The van der Waals surface area contributed by atoms with Crippen LogP contribution in [0.3, 0.4) is 0 Å². The highest BCUT2D eigenvalue weighted by atomic mass is 16.5. The number of hydrogen-bond acceptors (Lipinski definition) is 3. The highest BCUT2D eigenvalue weighted by Crippen LogP contribution is 2.29. The fourth-order valence-electron chi connectivity index (χ4n) is 2.51. The first-order valence-electron chi connectivity index (χ1n) is 6.04. The number of benzene rings is 1. The van der Waals surface area contributed by atoms with Gasteiger partial charge in [0.1, 0.15) is 0 Å². The van der Waals surface area contributed by atoms with Gasteiger partial charge < -0.3 is 10.1 Å². The number of nitrogens with zero attached hydrogens (tertiary/aromatic N) is 1. The van der Waals surface area contributed by atoms with Crippen molar-refractivity contribution in [1.29, 1.82) is 0 Å². The fraction of sp³-hybridized carbons (Fsp3) is 0.357. The number of pyridine rings is 1. The van der Waals surface area contributed by atoms with Crippen LogP contribution in [0.15, 0.2) is 30.5 Å². The van der Waals surface area contributed by atoms with Crippen LogP contribution in [0.1, 0.15) is 24.4 Å². The van der Waals surface area contributed by atoms with Crippen LogP contribution in [0.4, 0.5) is 0 Å². The van der Waals surface area contributed by atoms with E-state index in [1.807, 2.05) is 6.07 Å². The van der Waals surface area contributed by atoms with E-state index in [0.717, 1.165) is 11.9 Å². The summed E-state index contributed by atoms with van der Waals surface area (Å²) in [4.78, 5) is 4.25. The van der Waals surface area contributed by atoms with Gasteiger partial charge in [-0.1, -0.05) is 12.1 Å². The van der Waals surface area contributed by atoms with Crippen LogP contribution in [-0.4, -0.2) is 18.6 Å². The van der Waals surface area contributed by atoms with Crippen molar-refractivity contribution in [2.45, 2.75) is 18.9 Å². The number of hydrogen-bond donors (Lipinski definition) is 1. The Morgan fingerprint density at radius 1 is 1.35 bits per heavy atom. The molecule has 1 N–H and O–H groups in total. The van der Waals surface area contributed by atoms with Crippen LogP contribution < -0.4 is 10.1 Å². The first-order chi connectivity index (χ1) is 8.38. The number of ether oxygens (including phenoxy) is 1. The third-order valence-electron chi connectivity index (χ3n) is 3.41. The molecule has 0 amide bonds. The van der Waals surface area contributed by atoms with Gasteiger partial charge in [-0.15, -0.1) is 0 Å². The van der Waals surface area contributed by atoms with Gasteiger partial charge in [-0.25, -0.2) is 4.98 Å². The minimum atomic E-state index is 0.490. The van der Waals surface area contributed by atoms with Gasteiger partial charge in [0.05, 0.1) is 7.11 Å². The van der Waals surface area contributed by atoms with E-state index < -0.39 is 0 Å². The lowest BCUT2D eigenvalue weighted by Gasteiger charge is -2.12. The molecule has 0 spiro atoms. The standard InChI is InChI=1S/C14H16N2O/c1-17-14-12-9-11(13-3-2-7-15-13)5-4-10(12)6-8-16-14/h4-6,8-9,13,15H,2-3,7H2,1H3. The summed E-state index contributed by atoms with van der Waals surface area (Å²) in [5, 5.41) is 5.79. The van der Waals surface area contributed by atoms with Gasteiger partial charge >= 0.3 is 0 Å². The van der Waals surface area contributed by atoms with Crippen molar-refractivity contribution in [3.63, 3.8) is 0 Å². The molecule has 1 aliphatic heterocycles. The molecule has 3 rings (SSSR count). The van der Waals surface area contributed by atoms with Crippen LogP contribution >= 0.6 is 0 Å². The highest BCUT2D eigenvalue weighted by Gasteiger charge is 2.16. The zero-order chi connectivity index (χ0) is 11.7. The normalized spacial score (nSPS) is 19.7. The molecule has 1 aliphatic rings. The molecular formula is C14H16N2O. The average Bonchev–Trinajstić information content (AvgIpc) is 2.91. The van der Waals surface area contributed by atoms with Crippen LogP contribution in [0.2, 0.25) is 0 Å². The number of nitrogens with one attached hydrogen (secondary N) is 1. The Kier molecular flexibility index (Phi) is 2.69. The summed E-state index contributed by atoms with van der Waals surface area (Å²) in [5.41, 5.74) is 1.33. The summed E-state index contributed by atoms with van der Waals surface area (Å²) in [5.74, 6) is 0.711. The number of aromatic nitrogens is 1. The smallest absolute Gasteiger partial charge is 0.221 e. The third-order valence-corrected chi connectivity index (χ3v) is 3.41. The molecule has 1 aromatic carbocycles. The molecule has 1 fully saturated rings. The number of fused-ring (bicyclic) bond motifs is 1. The van der Waals surface area contributed by atoms with Crippen LogP contribution in [0.25, 0.3) is 10.8 Å². The van der Waals surface area contributed by atoms with Crippen molar-refractivity contribution < 1.29 is 4.74 Å². The van der Waals surface area contributed by atoms with Crippen molar-refractivity contribution in [2.24, 2.45) is 0 Å². The molecule has 1 saturated heterocycles. The summed E-state index contributed by atoms with van der Waals surface area (Å²) in [6.45, 7) is 1.12. The lowest BCUT2D eigenvalue weighted by atomic mass is 10.0. The van der Waals surface area contributed by atoms with Crippen LogP contribution in [0.5, 0.6) is 5.88 Å². The zero-order valence-corrected chi connectivity index (χ0v) is 9.94. The molecule has 1 aromatic heterocycles. The van der Waals surface area contributed by atoms with Gasteiger partial charge in [0.25, 0.3) is 0 Å². The van der Waals surface area contributed by atoms with Gasteiger partial charge in [0, 0.05) is 17.6 Å². The Balaban J connectivity index is 2.10. The molecule has 17 heavy (non-hydrogen) atoms. The van der Waals surface area contributed by atoms with Gasteiger partial charge in [0.15, 0.2) is 0 Å². The van der Waals surface area contributed by atoms with E-state index in [4.69, 9.17) is 4.74 Å². The van der Waals surface area contributed by atoms with E-state index in [-0.39, 0.29) is 0 Å². The third kappa shape index (κ3) is 1.87. The monoisotopic (exact) mass is 228 g/mol. The summed E-state index contributed by atoms with van der Waals surface area (Å²) in [6.07, 6.45) is 4.26. The minimum Gasteiger partial charge on any atom is -0.481 e. The average molecular weight is 228 g/mol. The molecule has 2 heterocycles. The number of methoxy groups -OCH3 is 1. The summed E-state index contributed by atoms with van der Waals surface area (Å²) in [6, 6.07) is 9.05. The van der Waals surface area contributed by atoms with E-state index in [1.54, 1.807) is 13.3 Å². The van der Waals surface area contributed by atoms with E-state index in [0.29, 0.717) is 11.9 Å². The predicted molar refractivity (Wildman–Crippen MR) is 68.3 cm³/mol. The minimum absolute atomic E-state index is 0.490. The highest BCUT2D eigenvalue weighted by molar-refractivity contribution is 5.87. The van der Waals surface area contributed by atoms with Gasteiger partial charge in [0.2, 0.25) is 5.88 Å². The SMILES string of the molecule is COc1nccc2ccc(C3CCCN3)cc12. The molecule has 88 valence electrons. The van der Waals surface area contributed by atoms with E-state index in [1.165, 1.54) is 23.8 Å². The maximum atomic E-state index is 5.31. The van der Waals surface area contributed by atoms with Crippen molar-refractivity contribution in [2.75, 3.05) is 13.7 Å². The first kappa shape index (κ1) is 10.5. The molecular weight excluding hydrogens is 212 g/mol. The van der Waals surface area contributed by atoms with Gasteiger partial charge in [-0.05, 0) is 42.5 Å². The molecule has 0 aliphatic carbocycles. The maximum absolute atomic E-state index is 5.31. The van der Waals surface area contributed by atoms with Crippen LogP contribution in [-0.2, 0) is 0 Å². The molecule has 0 radical (unpaired) electrons. The second kappa shape index (κ2) is 4.34. The predicted octanol–water partition coefficient (Wildman–Crippen LogP) is 2.67. The second-order valence-corrected chi connectivity index (χ2v) is 4.45. The summed E-state index contributed by atoms with van der Waals surface area (Å²) >= 11 is 0. The molecule has 1 unspecified atom stereocenters. The van der Waals surface area contributed by atoms with E-state index in [2.05, 4.69) is 28.5 Å². The molecule has 3 heteroatoms. The summed E-state index contributed by atoms with van der Waals surface area (Å²) in [7, 11) is 1.67. The van der Waals surface area contributed by atoms with Crippen molar-refractivity contribution >= 4 is 10.8 Å². The number of rotatable bonds is 2. The summed E-state index contributed by atoms with van der Waals surface area (Å²) < 4.78 is 5.31. The van der Waals surface area contributed by atoms with Crippen LogP contribution in [0, 0.1) is 0 Å². The zero-order valence-electron chi connectivity index (χ0n) is 9.94. The van der Waals surface area contributed by atoms with Gasteiger partial charge in [-0.2, -0.15) is 0 Å². The van der Waals surface area contributed by atoms with Gasteiger partial charge in [-0.3, -0.25) is 0 Å². The Hall–Kier alpha value is -1.61. The molecule has 2 aromatic rings. The Bertz CT molecular complexity index is 533. The molecule has 0 saturated carbocycles. The Morgan fingerprint density at radius 2 is 2.29 bits per heavy atom. The van der Waals surface area contributed by atoms with E-state index in [9.17, 15) is 0 Å². The fourth-order valence-corrected chi connectivity index (χ4v) is 2.51. The topological polar surface area (TPSA) is 34.1 Å². The maximum Gasteiger partial charge on any atom is 0.221 e. The lowest BCUT2D eigenvalue weighted by Crippen LogP contribution is -2.12. The Morgan fingerprint density at radius 3 is 3.06 bits per heavy atom. The van der Waals surface area contributed by atoms with Crippen molar-refractivity contribution in [3.8, 4) is 5.88 Å². The van der Waals surface area contributed by atoms with Crippen molar-refractivity contribution in [3.05, 3.63) is 36.0 Å². The van der Waals surface area contributed by atoms with Crippen molar-refractivity contribution in [1.82, 2.24) is 10.3 Å². The largest absolute Gasteiger partial charge is 0.481 e. The quantitative estimate of drug-likeness (QED) is 0.858. The first-order valence-corrected chi connectivity index (χ1v) is 6.04.